The van der Waals surface area contributed by atoms with E-state index in [9.17, 15) is 9.59 Å². The summed E-state index contributed by atoms with van der Waals surface area (Å²) in [6.45, 7) is 2.37. The molecular formula is C12H17N3O4. The van der Waals surface area contributed by atoms with E-state index in [0.29, 0.717) is 24.5 Å². The average Bonchev–Trinajstić information content (AvgIpc) is 2.39. The van der Waals surface area contributed by atoms with Crippen LogP contribution >= 0.6 is 0 Å². The summed E-state index contributed by atoms with van der Waals surface area (Å²) in [6.07, 6.45) is 1.39. The maximum absolute atomic E-state index is 11.6. The first-order valence-corrected chi connectivity index (χ1v) is 5.77. The zero-order chi connectivity index (χ0) is 14.3. The molecule has 0 bridgehead atoms. The molecule has 1 atom stereocenters. The standard InChI is InChI=1S/C12H17N3O4/c1-8(12(17)18)15-10-4-3-9(7-14-10)11(16)13-5-6-19-2/h3-4,7-8H,5-6H2,1-2H3,(H,13,16)(H,14,15)(H,17,18)/t8-/m0/s1. The van der Waals surface area contributed by atoms with Crippen LogP contribution in [0, 0.1) is 0 Å². The van der Waals surface area contributed by atoms with Crippen molar-refractivity contribution in [3.8, 4) is 0 Å². The van der Waals surface area contributed by atoms with Gasteiger partial charge in [0, 0.05) is 19.9 Å². The number of amides is 1. The van der Waals surface area contributed by atoms with Gasteiger partial charge in [0.1, 0.15) is 11.9 Å². The summed E-state index contributed by atoms with van der Waals surface area (Å²) in [5.74, 6) is -0.811. The second kappa shape index (κ2) is 7.32. The number of nitrogens with zero attached hydrogens (tertiary/aromatic N) is 1. The highest BCUT2D eigenvalue weighted by Gasteiger charge is 2.11. The van der Waals surface area contributed by atoms with Crippen molar-refractivity contribution < 1.29 is 19.4 Å². The van der Waals surface area contributed by atoms with Gasteiger partial charge in [0.2, 0.25) is 0 Å². The van der Waals surface area contributed by atoms with Crippen molar-refractivity contribution in [2.75, 3.05) is 25.6 Å². The van der Waals surface area contributed by atoms with E-state index in [-0.39, 0.29) is 5.91 Å². The number of aliphatic carboxylic acids is 1. The maximum atomic E-state index is 11.6. The second-order valence-electron chi connectivity index (χ2n) is 3.89. The largest absolute Gasteiger partial charge is 0.480 e. The quantitative estimate of drug-likeness (QED) is 0.616. The molecule has 7 nitrogen and oxygen atoms in total. The topological polar surface area (TPSA) is 101 Å². The Kier molecular flexibility index (Phi) is 5.74. The first-order valence-electron chi connectivity index (χ1n) is 5.77. The highest BCUT2D eigenvalue weighted by atomic mass is 16.5. The summed E-state index contributed by atoms with van der Waals surface area (Å²) < 4.78 is 4.82. The fourth-order valence-electron chi connectivity index (χ4n) is 1.27. The number of ether oxygens (including phenoxy) is 1. The fourth-order valence-corrected chi connectivity index (χ4v) is 1.27. The Morgan fingerprint density at radius 1 is 1.47 bits per heavy atom. The van der Waals surface area contributed by atoms with Gasteiger partial charge in [-0.05, 0) is 19.1 Å². The molecule has 0 aliphatic carbocycles. The summed E-state index contributed by atoms with van der Waals surface area (Å²) in [7, 11) is 1.55. The van der Waals surface area contributed by atoms with Gasteiger partial charge >= 0.3 is 5.97 Å². The molecule has 104 valence electrons. The van der Waals surface area contributed by atoms with Crippen molar-refractivity contribution in [2.45, 2.75) is 13.0 Å². The van der Waals surface area contributed by atoms with E-state index in [4.69, 9.17) is 9.84 Å². The number of hydrogen-bond acceptors (Lipinski definition) is 5. The molecule has 1 aromatic rings. The molecule has 0 radical (unpaired) electrons. The lowest BCUT2D eigenvalue weighted by Gasteiger charge is -2.10. The Labute approximate surface area is 111 Å². The van der Waals surface area contributed by atoms with Crippen molar-refractivity contribution in [3.05, 3.63) is 23.9 Å². The molecule has 0 fully saturated rings. The molecule has 0 spiro atoms. The summed E-state index contributed by atoms with van der Waals surface area (Å²) in [6, 6.07) is 2.39. The molecule has 7 heteroatoms. The minimum atomic E-state index is -0.969. The van der Waals surface area contributed by atoms with Crippen LogP contribution in [-0.4, -0.2) is 48.3 Å². The summed E-state index contributed by atoms with van der Waals surface area (Å²) in [5, 5.41) is 14.1. The van der Waals surface area contributed by atoms with Crippen LogP contribution in [0.5, 0.6) is 0 Å². The molecule has 0 unspecified atom stereocenters. The van der Waals surface area contributed by atoms with Gasteiger partial charge in [-0.1, -0.05) is 0 Å². The molecule has 1 amide bonds. The molecule has 0 aromatic carbocycles. The fraction of sp³-hybridized carbons (Fsp3) is 0.417. The van der Waals surface area contributed by atoms with Crippen LogP contribution in [0.3, 0.4) is 0 Å². The van der Waals surface area contributed by atoms with E-state index in [2.05, 4.69) is 15.6 Å². The highest BCUT2D eigenvalue weighted by Crippen LogP contribution is 2.06. The van der Waals surface area contributed by atoms with Gasteiger partial charge in [0.15, 0.2) is 0 Å². The number of anilines is 1. The molecule has 0 aliphatic heterocycles. The number of carbonyl (C=O) groups excluding carboxylic acids is 1. The number of nitrogens with one attached hydrogen (secondary N) is 2. The summed E-state index contributed by atoms with van der Waals surface area (Å²) in [4.78, 5) is 26.3. The number of pyridine rings is 1. The summed E-state index contributed by atoms with van der Waals surface area (Å²) >= 11 is 0. The lowest BCUT2D eigenvalue weighted by Crippen LogP contribution is -2.27. The van der Waals surface area contributed by atoms with Gasteiger partial charge < -0.3 is 20.5 Å². The highest BCUT2D eigenvalue weighted by molar-refractivity contribution is 5.94. The van der Waals surface area contributed by atoms with Crippen molar-refractivity contribution >= 4 is 17.7 Å². The molecule has 1 heterocycles. The third-order valence-corrected chi connectivity index (χ3v) is 2.35. The van der Waals surface area contributed by atoms with E-state index in [1.54, 1.807) is 19.2 Å². The zero-order valence-corrected chi connectivity index (χ0v) is 10.8. The Balaban J connectivity index is 2.56. The van der Waals surface area contributed by atoms with Gasteiger partial charge in [-0.15, -0.1) is 0 Å². The Morgan fingerprint density at radius 2 is 2.21 bits per heavy atom. The van der Waals surface area contributed by atoms with Crippen molar-refractivity contribution in [1.82, 2.24) is 10.3 Å². The Morgan fingerprint density at radius 3 is 2.74 bits per heavy atom. The van der Waals surface area contributed by atoms with E-state index in [0.717, 1.165) is 0 Å². The molecule has 19 heavy (non-hydrogen) atoms. The minimum absolute atomic E-state index is 0.248. The third kappa shape index (κ3) is 4.92. The van der Waals surface area contributed by atoms with Crippen LogP contribution in [0.1, 0.15) is 17.3 Å². The molecule has 0 saturated carbocycles. The number of methoxy groups -OCH3 is 1. The number of carboxylic acids is 1. The number of carbonyl (C=O) groups is 2. The van der Waals surface area contributed by atoms with Crippen LogP contribution in [0.15, 0.2) is 18.3 Å². The number of aromatic nitrogens is 1. The smallest absolute Gasteiger partial charge is 0.325 e. The van der Waals surface area contributed by atoms with Gasteiger partial charge in [-0.3, -0.25) is 9.59 Å². The number of hydrogen-bond donors (Lipinski definition) is 3. The molecule has 0 saturated heterocycles. The Hall–Kier alpha value is -2.15. The molecule has 3 N–H and O–H groups in total. The van der Waals surface area contributed by atoms with Crippen LogP contribution in [0.2, 0.25) is 0 Å². The van der Waals surface area contributed by atoms with Crippen molar-refractivity contribution in [3.63, 3.8) is 0 Å². The minimum Gasteiger partial charge on any atom is -0.480 e. The van der Waals surface area contributed by atoms with Crippen molar-refractivity contribution in [2.24, 2.45) is 0 Å². The number of rotatable bonds is 7. The third-order valence-electron chi connectivity index (χ3n) is 2.35. The van der Waals surface area contributed by atoms with Gasteiger partial charge in [-0.25, -0.2) is 4.98 Å². The Bertz CT molecular complexity index is 433. The number of carboxylic acid groups (broad SMARTS) is 1. The van der Waals surface area contributed by atoms with Crippen LogP contribution in [0.25, 0.3) is 0 Å². The maximum Gasteiger partial charge on any atom is 0.325 e. The predicted molar refractivity (Wildman–Crippen MR) is 69.2 cm³/mol. The van der Waals surface area contributed by atoms with E-state index in [1.807, 2.05) is 0 Å². The first kappa shape index (κ1) is 14.9. The van der Waals surface area contributed by atoms with Crippen molar-refractivity contribution in [1.29, 1.82) is 0 Å². The van der Waals surface area contributed by atoms with Crippen LogP contribution in [0.4, 0.5) is 5.82 Å². The zero-order valence-electron chi connectivity index (χ0n) is 10.8. The van der Waals surface area contributed by atoms with Crippen LogP contribution < -0.4 is 10.6 Å². The van der Waals surface area contributed by atoms with E-state index in [1.165, 1.54) is 13.1 Å². The van der Waals surface area contributed by atoms with Gasteiger partial charge in [0.05, 0.1) is 12.2 Å². The normalized spacial score (nSPS) is 11.7. The summed E-state index contributed by atoms with van der Waals surface area (Å²) in [5.41, 5.74) is 0.407. The molecule has 1 aromatic heterocycles. The molecule has 0 aliphatic rings. The van der Waals surface area contributed by atoms with Gasteiger partial charge in [-0.2, -0.15) is 0 Å². The van der Waals surface area contributed by atoms with E-state index < -0.39 is 12.0 Å². The predicted octanol–water partition coefficient (Wildman–Crippen LogP) is 0.343. The monoisotopic (exact) mass is 267 g/mol. The average molecular weight is 267 g/mol. The van der Waals surface area contributed by atoms with E-state index >= 15 is 0 Å². The second-order valence-corrected chi connectivity index (χ2v) is 3.89. The molecular weight excluding hydrogens is 250 g/mol. The van der Waals surface area contributed by atoms with Gasteiger partial charge in [0.25, 0.3) is 5.91 Å². The lowest BCUT2D eigenvalue weighted by molar-refractivity contribution is -0.137. The SMILES string of the molecule is COCCNC(=O)c1ccc(N[C@@H](C)C(=O)O)nc1. The molecule has 1 rings (SSSR count). The first-order chi connectivity index (χ1) is 9.04. The lowest BCUT2D eigenvalue weighted by atomic mass is 10.2. The van der Waals surface area contributed by atoms with Crippen LogP contribution in [-0.2, 0) is 9.53 Å².